The molecule has 0 radical (unpaired) electrons. The number of ether oxygens (including phenoxy) is 2. The van der Waals surface area contributed by atoms with Crippen molar-refractivity contribution in [1.82, 2.24) is 9.97 Å². The first kappa shape index (κ1) is 12.5. The molecule has 1 aliphatic heterocycles. The lowest BCUT2D eigenvalue weighted by Gasteiger charge is -2.19. The van der Waals surface area contributed by atoms with Crippen LogP contribution >= 0.6 is 0 Å². The lowest BCUT2D eigenvalue weighted by atomic mass is 10.2. The molecule has 6 heteroatoms. The first-order valence-corrected chi connectivity index (χ1v) is 6.45. The van der Waals surface area contributed by atoms with Crippen LogP contribution in [0.4, 0.5) is 17.5 Å². The Balaban J connectivity index is 1.85. The fraction of sp³-hybridized carbons (Fsp3) is 0.286. The largest absolute Gasteiger partial charge is 0.486 e. The van der Waals surface area contributed by atoms with Crippen molar-refractivity contribution in [1.29, 1.82) is 0 Å². The molecule has 20 heavy (non-hydrogen) atoms. The van der Waals surface area contributed by atoms with Crippen LogP contribution in [0.3, 0.4) is 0 Å². The van der Waals surface area contributed by atoms with Gasteiger partial charge in [0.25, 0.3) is 0 Å². The minimum atomic E-state index is 0.576. The van der Waals surface area contributed by atoms with E-state index < -0.39 is 0 Å². The van der Waals surface area contributed by atoms with E-state index in [-0.39, 0.29) is 0 Å². The Hall–Kier alpha value is -2.50. The van der Waals surface area contributed by atoms with Gasteiger partial charge in [-0.3, -0.25) is 0 Å². The third-order valence-corrected chi connectivity index (χ3v) is 2.89. The molecule has 2 heterocycles. The summed E-state index contributed by atoms with van der Waals surface area (Å²) < 4.78 is 11.1. The minimum Gasteiger partial charge on any atom is -0.486 e. The highest BCUT2D eigenvalue weighted by atomic mass is 16.6. The zero-order chi connectivity index (χ0) is 13.9. The fourth-order valence-corrected chi connectivity index (χ4v) is 2.01. The second-order valence-corrected chi connectivity index (χ2v) is 4.45. The molecule has 0 amide bonds. The second-order valence-electron chi connectivity index (χ2n) is 4.45. The molecule has 2 N–H and O–H groups in total. The highest BCUT2D eigenvalue weighted by Crippen LogP contribution is 2.33. The molecular formula is C14H16N4O2. The monoisotopic (exact) mass is 272 g/mol. The van der Waals surface area contributed by atoms with Crippen molar-refractivity contribution in [3.05, 3.63) is 30.0 Å². The van der Waals surface area contributed by atoms with Gasteiger partial charge in [0.15, 0.2) is 11.5 Å². The van der Waals surface area contributed by atoms with Gasteiger partial charge in [-0.25, -0.2) is 4.98 Å². The Kier molecular flexibility index (Phi) is 3.28. The molecule has 0 saturated carbocycles. The van der Waals surface area contributed by atoms with Crippen LogP contribution in [0, 0.1) is 6.92 Å². The average molecular weight is 272 g/mol. The predicted molar refractivity (Wildman–Crippen MR) is 77.0 cm³/mol. The van der Waals surface area contributed by atoms with Crippen molar-refractivity contribution in [2.75, 3.05) is 30.9 Å². The fourth-order valence-electron chi connectivity index (χ4n) is 2.01. The number of rotatable bonds is 3. The molecule has 1 aromatic carbocycles. The number of nitrogens with zero attached hydrogens (tertiary/aromatic N) is 2. The Bertz CT molecular complexity index is 631. The zero-order valence-electron chi connectivity index (χ0n) is 11.4. The first-order valence-electron chi connectivity index (χ1n) is 6.45. The molecule has 0 unspecified atom stereocenters. The van der Waals surface area contributed by atoms with Gasteiger partial charge in [0, 0.05) is 30.6 Å². The van der Waals surface area contributed by atoms with Crippen LogP contribution in [0.5, 0.6) is 11.5 Å². The Morgan fingerprint density at radius 2 is 1.85 bits per heavy atom. The van der Waals surface area contributed by atoms with E-state index in [1.54, 1.807) is 7.05 Å². The summed E-state index contributed by atoms with van der Waals surface area (Å²) in [6.07, 6.45) is 0. The average Bonchev–Trinajstić information content (AvgIpc) is 2.46. The number of aryl methyl sites for hydroxylation is 1. The molecule has 6 nitrogen and oxygen atoms in total. The van der Waals surface area contributed by atoms with Gasteiger partial charge in [-0.15, -0.1) is 0 Å². The van der Waals surface area contributed by atoms with Crippen molar-refractivity contribution in [2.24, 2.45) is 0 Å². The van der Waals surface area contributed by atoms with Crippen molar-refractivity contribution in [2.45, 2.75) is 6.92 Å². The van der Waals surface area contributed by atoms with Crippen molar-refractivity contribution >= 4 is 17.5 Å². The van der Waals surface area contributed by atoms with Crippen LogP contribution in [0.15, 0.2) is 24.3 Å². The quantitative estimate of drug-likeness (QED) is 0.894. The van der Waals surface area contributed by atoms with E-state index in [1.807, 2.05) is 31.2 Å². The van der Waals surface area contributed by atoms with Gasteiger partial charge in [-0.1, -0.05) is 0 Å². The molecule has 1 aliphatic rings. The Labute approximate surface area is 117 Å². The van der Waals surface area contributed by atoms with Crippen LogP contribution in [-0.2, 0) is 0 Å². The number of benzene rings is 1. The highest BCUT2D eigenvalue weighted by Gasteiger charge is 2.12. The molecule has 0 fully saturated rings. The van der Waals surface area contributed by atoms with E-state index >= 15 is 0 Å². The van der Waals surface area contributed by atoms with E-state index in [4.69, 9.17) is 9.47 Å². The molecule has 104 valence electrons. The van der Waals surface area contributed by atoms with Gasteiger partial charge in [0.1, 0.15) is 19.0 Å². The zero-order valence-corrected chi connectivity index (χ0v) is 11.4. The van der Waals surface area contributed by atoms with Crippen molar-refractivity contribution in [3.8, 4) is 11.5 Å². The maximum absolute atomic E-state index is 5.56. The van der Waals surface area contributed by atoms with Crippen LogP contribution in [0.1, 0.15) is 5.69 Å². The molecule has 0 saturated heterocycles. The first-order chi connectivity index (χ1) is 9.74. The Morgan fingerprint density at radius 1 is 1.05 bits per heavy atom. The summed E-state index contributed by atoms with van der Waals surface area (Å²) in [5.74, 6) is 2.85. The van der Waals surface area contributed by atoms with Crippen molar-refractivity contribution < 1.29 is 9.47 Å². The van der Waals surface area contributed by atoms with Gasteiger partial charge in [-0.2, -0.15) is 4.98 Å². The van der Waals surface area contributed by atoms with Crippen molar-refractivity contribution in [3.63, 3.8) is 0 Å². The predicted octanol–water partition coefficient (Wildman–Crippen LogP) is 2.34. The van der Waals surface area contributed by atoms with Gasteiger partial charge in [0.05, 0.1) is 0 Å². The molecule has 3 rings (SSSR count). The van der Waals surface area contributed by atoms with Gasteiger partial charge >= 0.3 is 0 Å². The summed E-state index contributed by atoms with van der Waals surface area (Å²) in [5.41, 5.74) is 1.79. The minimum absolute atomic E-state index is 0.576. The highest BCUT2D eigenvalue weighted by molar-refractivity contribution is 5.62. The molecule has 0 spiro atoms. The summed E-state index contributed by atoms with van der Waals surface area (Å²) in [5, 5.41) is 6.18. The SMILES string of the molecule is CNc1nc(C)cc(Nc2ccc3c(c2)OCCO3)n1. The van der Waals surface area contributed by atoms with E-state index in [0.29, 0.717) is 19.2 Å². The number of hydrogen-bond donors (Lipinski definition) is 2. The molecule has 0 bridgehead atoms. The topological polar surface area (TPSA) is 68.3 Å². The van der Waals surface area contributed by atoms with Crippen LogP contribution in [0.2, 0.25) is 0 Å². The lowest BCUT2D eigenvalue weighted by Crippen LogP contribution is -2.15. The molecule has 0 atom stereocenters. The summed E-state index contributed by atoms with van der Waals surface area (Å²) in [6.45, 7) is 3.10. The number of nitrogens with one attached hydrogen (secondary N) is 2. The maximum atomic E-state index is 5.56. The summed E-state index contributed by atoms with van der Waals surface area (Å²) in [4.78, 5) is 8.61. The normalized spacial score (nSPS) is 12.9. The molecule has 0 aliphatic carbocycles. The maximum Gasteiger partial charge on any atom is 0.224 e. The van der Waals surface area contributed by atoms with Crippen LogP contribution in [-0.4, -0.2) is 30.2 Å². The molecule has 2 aromatic rings. The van der Waals surface area contributed by atoms with Crippen LogP contribution in [0.25, 0.3) is 0 Å². The summed E-state index contributed by atoms with van der Waals surface area (Å²) in [7, 11) is 1.79. The van der Waals surface area contributed by atoms with Gasteiger partial charge in [0.2, 0.25) is 5.95 Å². The lowest BCUT2D eigenvalue weighted by molar-refractivity contribution is 0.171. The third kappa shape index (κ3) is 2.59. The van der Waals surface area contributed by atoms with Gasteiger partial charge < -0.3 is 20.1 Å². The Morgan fingerprint density at radius 3 is 2.65 bits per heavy atom. The smallest absolute Gasteiger partial charge is 0.224 e. The van der Waals surface area contributed by atoms with Crippen LogP contribution < -0.4 is 20.1 Å². The third-order valence-electron chi connectivity index (χ3n) is 2.89. The number of aromatic nitrogens is 2. The van der Waals surface area contributed by atoms with Gasteiger partial charge in [-0.05, 0) is 19.1 Å². The van der Waals surface area contributed by atoms with E-state index in [1.165, 1.54) is 0 Å². The standard InChI is InChI=1S/C14H16N4O2/c1-9-7-13(18-14(15-2)16-9)17-10-3-4-11-12(8-10)20-6-5-19-11/h3-4,7-8H,5-6H2,1-2H3,(H2,15,16,17,18). The molecule has 1 aromatic heterocycles. The summed E-state index contributed by atoms with van der Waals surface area (Å²) >= 11 is 0. The number of hydrogen-bond acceptors (Lipinski definition) is 6. The number of anilines is 3. The number of fused-ring (bicyclic) bond motifs is 1. The second kappa shape index (κ2) is 5.24. The van der Waals surface area contributed by atoms with E-state index in [2.05, 4.69) is 20.6 Å². The van der Waals surface area contributed by atoms with E-state index in [9.17, 15) is 0 Å². The molecular weight excluding hydrogens is 256 g/mol. The van der Waals surface area contributed by atoms with E-state index in [0.717, 1.165) is 28.7 Å². The summed E-state index contributed by atoms with van der Waals surface area (Å²) in [6, 6.07) is 7.62.